The van der Waals surface area contributed by atoms with Crippen LogP contribution < -0.4 is 9.62 Å². The van der Waals surface area contributed by atoms with Crippen LogP contribution in [-0.2, 0) is 19.9 Å². The first-order valence-electron chi connectivity index (χ1n) is 11.1. The van der Waals surface area contributed by atoms with Crippen LogP contribution in [-0.4, -0.2) is 71.4 Å². The first-order valence-corrected chi connectivity index (χ1v) is 14.3. The zero-order valence-electron chi connectivity index (χ0n) is 18.6. The zero-order chi connectivity index (χ0) is 23.6. The number of hydrogen-bond donors (Lipinski definition) is 1. The summed E-state index contributed by atoms with van der Waals surface area (Å²) in [6, 6.07) is 13.7. The molecule has 4 rings (SSSR count). The molecule has 1 amide bonds. The molecule has 2 atom stereocenters. The van der Waals surface area contributed by atoms with Gasteiger partial charge in [0.1, 0.15) is 0 Å². The van der Waals surface area contributed by atoms with Gasteiger partial charge in [0.2, 0.25) is 0 Å². The van der Waals surface area contributed by atoms with Gasteiger partial charge in [0.05, 0.1) is 28.1 Å². The van der Waals surface area contributed by atoms with Crippen LogP contribution in [0.15, 0.2) is 59.5 Å². The largest absolute Gasteiger partial charge is 0.347 e. The van der Waals surface area contributed by atoms with E-state index in [2.05, 4.69) is 10.2 Å². The van der Waals surface area contributed by atoms with Crippen LogP contribution in [0.3, 0.4) is 0 Å². The summed E-state index contributed by atoms with van der Waals surface area (Å²) in [5, 5.41) is 2.87. The minimum Gasteiger partial charge on any atom is -0.347 e. The van der Waals surface area contributed by atoms with Gasteiger partial charge in [0, 0.05) is 18.7 Å². The van der Waals surface area contributed by atoms with E-state index in [9.17, 15) is 21.6 Å². The Hall–Kier alpha value is -2.43. The Morgan fingerprint density at radius 2 is 1.70 bits per heavy atom. The molecule has 33 heavy (non-hydrogen) atoms. The number of sulfonamides is 1. The van der Waals surface area contributed by atoms with Crippen molar-refractivity contribution in [1.29, 1.82) is 0 Å². The molecule has 8 nitrogen and oxygen atoms in total. The van der Waals surface area contributed by atoms with Crippen molar-refractivity contribution in [3.63, 3.8) is 0 Å². The summed E-state index contributed by atoms with van der Waals surface area (Å²) in [5.41, 5.74) is 0.687. The number of nitrogens with one attached hydrogen (secondary N) is 1. The van der Waals surface area contributed by atoms with Crippen LogP contribution >= 0.6 is 0 Å². The number of benzene rings is 2. The minimum absolute atomic E-state index is 0.00636. The van der Waals surface area contributed by atoms with Crippen molar-refractivity contribution >= 4 is 31.5 Å². The lowest BCUT2D eigenvalue weighted by atomic mass is 10.0. The van der Waals surface area contributed by atoms with Crippen LogP contribution in [0.25, 0.3) is 0 Å². The number of para-hydroxylation sites is 1. The predicted octanol–water partition coefficient (Wildman–Crippen LogP) is 1.89. The topological polar surface area (TPSA) is 104 Å². The number of likely N-dealkylation sites (tertiary alicyclic amines) is 1. The number of amides is 1. The maximum Gasteiger partial charge on any atom is 0.264 e. The van der Waals surface area contributed by atoms with E-state index in [1.807, 2.05) is 0 Å². The second kappa shape index (κ2) is 9.44. The summed E-state index contributed by atoms with van der Waals surface area (Å²) in [4.78, 5) is 15.2. The first-order chi connectivity index (χ1) is 15.7. The zero-order valence-corrected chi connectivity index (χ0v) is 20.2. The van der Waals surface area contributed by atoms with Gasteiger partial charge < -0.3 is 5.32 Å². The number of piperidine rings is 1. The van der Waals surface area contributed by atoms with Crippen molar-refractivity contribution in [3.8, 4) is 0 Å². The Bertz CT molecular complexity index is 1210. The number of carbonyl (C=O) groups excluding carboxylic acids is 1. The van der Waals surface area contributed by atoms with Gasteiger partial charge in [-0.3, -0.25) is 14.0 Å². The number of carbonyl (C=O) groups is 1. The van der Waals surface area contributed by atoms with Crippen molar-refractivity contribution in [2.24, 2.45) is 0 Å². The van der Waals surface area contributed by atoms with E-state index in [1.165, 1.54) is 35.6 Å². The van der Waals surface area contributed by atoms with E-state index in [1.54, 1.807) is 30.3 Å². The normalized spacial score (nSPS) is 23.2. The van der Waals surface area contributed by atoms with Crippen molar-refractivity contribution in [1.82, 2.24) is 10.2 Å². The van der Waals surface area contributed by atoms with E-state index in [0.29, 0.717) is 5.69 Å². The van der Waals surface area contributed by atoms with E-state index in [0.717, 1.165) is 32.4 Å². The second-order valence-electron chi connectivity index (χ2n) is 8.66. The summed E-state index contributed by atoms with van der Waals surface area (Å²) < 4.78 is 52.1. The third-order valence-corrected chi connectivity index (χ3v) is 9.87. The van der Waals surface area contributed by atoms with Crippen molar-refractivity contribution < 1.29 is 21.6 Å². The Balaban J connectivity index is 1.54. The van der Waals surface area contributed by atoms with Gasteiger partial charge in [-0.25, -0.2) is 16.8 Å². The molecule has 2 fully saturated rings. The summed E-state index contributed by atoms with van der Waals surface area (Å²) in [5.74, 6) is -0.540. The molecule has 2 unspecified atom stereocenters. The van der Waals surface area contributed by atoms with Gasteiger partial charge in [0.15, 0.2) is 9.84 Å². The van der Waals surface area contributed by atoms with Crippen LogP contribution in [0.4, 0.5) is 5.69 Å². The van der Waals surface area contributed by atoms with Crippen molar-refractivity contribution in [3.05, 3.63) is 60.2 Å². The van der Waals surface area contributed by atoms with Crippen molar-refractivity contribution in [2.45, 2.75) is 36.2 Å². The molecule has 10 heteroatoms. The Labute approximate surface area is 195 Å². The van der Waals surface area contributed by atoms with Gasteiger partial charge in [0.25, 0.3) is 15.9 Å². The lowest BCUT2D eigenvalue weighted by Crippen LogP contribution is -2.52. The molecular weight excluding hydrogens is 462 g/mol. The van der Waals surface area contributed by atoms with Gasteiger partial charge in [-0.2, -0.15) is 0 Å². The van der Waals surface area contributed by atoms with Gasteiger partial charge in [-0.05, 0) is 56.3 Å². The fraction of sp³-hybridized carbons (Fsp3) is 0.435. The SMILES string of the molecule is CN(c1ccccc1)S(=O)(=O)c1cccc(C(=O)NC2CS(=O)(=O)CC2N2CCCCC2)c1. The fourth-order valence-corrected chi connectivity index (χ4v) is 7.76. The van der Waals surface area contributed by atoms with Crippen LogP contribution in [0.1, 0.15) is 29.6 Å². The Kier molecular flexibility index (Phi) is 6.78. The van der Waals surface area contributed by atoms with E-state index in [4.69, 9.17) is 0 Å². The molecule has 2 aromatic rings. The lowest BCUT2D eigenvalue weighted by Gasteiger charge is -2.35. The smallest absolute Gasteiger partial charge is 0.264 e. The highest BCUT2D eigenvalue weighted by atomic mass is 32.2. The summed E-state index contributed by atoms with van der Waals surface area (Å²) in [6.45, 7) is 1.65. The molecule has 0 aliphatic carbocycles. The molecule has 0 aromatic heterocycles. The van der Waals surface area contributed by atoms with Gasteiger partial charge in [-0.15, -0.1) is 0 Å². The van der Waals surface area contributed by atoms with E-state index >= 15 is 0 Å². The van der Waals surface area contributed by atoms with E-state index < -0.39 is 31.8 Å². The second-order valence-corrected chi connectivity index (χ2v) is 12.8. The lowest BCUT2D eigenvalue weighted by molar-refractivity contribution is 0.0900. The quantitative estimate of drug-likeness (QED) is 0.662. The third kappa shape index (κ3) is 5.23. The maximum atomic E-state index is 13.1. The minimum atomic E-state index is -3.87. The first kappa shape index (κ1) is 23.7. The van der Waals surface area contributed by atoms with Crippen molar-refractivity contribution in [2.75, 3.05) is 35.9 Å². The highest BCUT2D eigenvalue weighted by Crippen LogP contribution is 2.24. The highest BCUT2D eigenvalue weighted by Gasteiger charge is 2.42. The molecule has 0 radical (unpaired) electrons. The van der Waals surface area contributed by atoms with E-state index in [-0.39, 0.29) is 28.0 Å². The van der Waals surface area contributed by atoms with Crippen LogP contribution in [0.2, 0.25) is 0 Å². The predicted molar refractivity (Wildman–Crippen MR) is 128 cm³/mol. The number of hydrogen-bond acceptors (Lipinski definition) is 6. The standard InChI is InChI=1S/C23H29N3O5S2/c1-25(19-10-4-2-5-11-19)33(30,31)20-12-8-9-18(15-20)23(27)24-21-16-32(28,29)17-22(21)26-13-6-3-7-14-26/h2,4-5,8-12,15,21-22H,3,6-7,13-14,16-17H2,1H3,(H,24,27). The molecule has 0 spiro atoms. The molecular formula is C23H29N3O5S2. The third-order valence-electron chi connectivity index (χ3n) is 6.37. The summed E-state index contributed by atoms with van der Waals surface area (Å²) in [6.07, 6.45) is 3.17. The highest BCUT2D eigenvalue weighted by molar-refractivity contribution is 7.92. The number of sulfone groups is 1. The monoisotopic (exact) mass is 491 g/mol. The van der Waals surface area contributed by atoms with Crippen LogP contribution in [0, 0.1) is 0 Å². The number of nitrogens with zero attached hydrogens (tertiary/aromatic N) is 2. The Morgan fingerprint density at radius 3 is 2.39 bits per heavy atom. The molecule has 1 N–H and O–H groups in total. The summed E-state index contributed by atoms with van der Waals surface area (Å²) in [7, 11) is -5.66. The fourth-order valence-electron chi connectivity index (χ4n) is 4.56. The molecule has 2 aliphatic heterocycles. The summed E-state index contributed by atoms with van der Waals surface area (Å²) >= 11 is 0. The average molecular weight is 492 g/mol. The maximum absolute atomic E-state index is 13.1. The Morgan fingerprint density at radius 1 is 1.00 bits per heavy atom. The molecule has 2 aliphatic rings. The molecule has 0 saturated carbocycles. The van der Waals surface area contributed by atoms with Crippen LogP contribution in [0.5, 0.6) is 0 Å². The molecule has 2 aromatic carbocycles. The van der Waals surface area contributed by atoms with Gasteiger partial charge in [-0.1, -0.05) is 30.7 Å². The molecule has 2 saturated heterocycles. The number of anilines is 1. The average Bonchev–Trinajstić information content (AvgIpc) is 3.13. The van der Waals surface area contributed by atoms with Gasteiger partial charge >= 0.3 is 0 Å². The molecule has 0 bridgehead atoms. The molecule has 2 heterocycles. The number of rotatable bonds is 6. The molecule has 178 valence electrons.